The van der Waals surface area contributed by atoms with Gasteiger partial charge < -0.3 is 15.5 Å². The molecule has 0 saturated heterocycles. The fourth-order valence-electron chi connectivity index (χ4n) is 1.60. The maximum absolute atomic E-state index is 13.5. The number of anilines is 1. The third-order valence-electron chi connectivity index (χ3n) is 2.53. The number of aromatic hydroxyl groups is 2. The Hall–Kier alpha value is -1.82. The van der Waals surface area contributed by atoms with Gasteiger partial charge in [-0.3, -0.25) is 0 Å². The average molecular weight is 330 g/mol. The number of phenolic OH excluding ortho intramolecular Hbond substituents is 2. The molecule has 0 saturated carbocycles. The van der Waals surface area contributed by atoms with Gasteiger partial charge in [0.25, 0.3) is 0 Å². The number of nitrogens with one attached hydrogen (secondary N) is 1. The molecule has 0 unspecified atom stereocenters. The summed E-state index contributed by atoms with van der Waals surface area (Å²) in [6.45, 7) is 0.0294. The molecule has 0 heterocycles. The van der Waals surface area contributed by atoms with Crippen LogP contribution in [0.1, 0.15) is 5.56 Å². The van der Waals surface area contributed by atoms with Crippen LogP contribution in [-0.4, -0.2) is 10.2 Å². The fourth-order valence-corrected chi connectivity index (χ4v) is 2.00. The molecule has 0 atom stereocenters. The van der Waals surface area contributed by atoms with Crippen molar-refractivity contribution in [2.75, 3.05) is 5.32 Å². The van der Waals surface area contributed by atoms with E-state index in [0.717, 1.165) is 18.2 Å². The first-order valence-electron chi connectivity index (χ1n) is 5.36. The van der Waals surface area contributed by atoms with E-state index in [-0.39, 0.29) is 23.7 Å². The lowest BCUT2D eigenvalue weighted by atomic mass is 10.2. The van der Waals surface area contributed by atoms with E-state index < -0.39 is 11.6 Å². The summed E-state index contributed by atoms with van der Waals surface area (Å²) in [6, 6.07) is 6.28. The number of halogens is 3. The number of hydrogen-bond acceptors (Lipinski definition) is 3. The van der Waals surface area contributed by atoms with Crippen molar-refractivity contribution in [1.29, 1.82) is 0 Å². The van der Waals surface area contributed by atoms with E-state index in [0.29, 0.717) is 10.0 Å². The smallest absolute Gasteiger partial charge is 0.150 e. The van der Waals surface area contributed by atoms with Crippen LogP contribution >= 0.6 is 15.9 Å². The zero-order valence-corrected chi connectivity index (χ0v) is 11.2. The van der Waals surface area contributed by atoms with Crippen LogP contribution in [0.3, 0.4) is 0 Å². The third kappa shape index (κ3) is 3.14. The lowest BCUT2D eigenvalue weighted by Crippen LogP contribution is -2.04. The lowest BCUT2D eigenvalue weighted by Gasteiger charge is -2.10. The highest BCUT2D eigenvalue weighted by molar-refractivity contribution is 9.10. The molecule has 0 fully saturated rings. The molecule has 100 valence electrons. The second-order valence-corrected chi connectivity index (χ2v) is 4.83. The van der Waals surface area contributed by atoms with E-state index in [1.54, 1.807) is 0 Å². The van der Waals surface area contributed by atoms with Crippen LogP contribution in [0, 0.1) is 11.6 Å². The van der Waals surface area contributed by atoms with Crippen molar-refractivity contribution >= 4 is 21.6 Å². The summed E-state index contributed by atoms with van der Waals surface area (Å²) in [5.41, 5.74) is 0.148. The Kier molecular flexibility index (Phi) is 3.90. The van der Waals surface area contributed by atoms with Crippen molar-refractivity contribution < 1.29 is 19.0 Å². The van der Waals surface area contributed by atoms with Gasteiger partial charge in [0.05, 0.1) is 0 Å². The van der Waals surface area contributed by atoms with Crippen molar-refractivity contribution in [1.82, 2.24) is 0 Å². The SMILES string of the molecule is Oc1ccc(CNc2c(F)cc(Br)cc2F)c(O)c1. The van der Waals surface area contributed by atoms with Gasteiger partial charge in [-0.2, -0.15) is 0 Å². The van der Waals surface area contributed by atoms with Crippen molar-refractivity contribution in [3.8, 4) is 11.5 Å². The predicted octanol–water partition coefficient (Wildman–Crippen LogP) is 3.75. The maximum atomic E-state index is 13.5. The van der Waals surface area contributed by atoms with E-state index >= 15 is 0 Å². The van der Waals surface area contributed by atoms with Gasteiger partial charge in [0.15, 0.2) is 0 Å². The summed E-state index contributed by atoms with van der Waals surface area (Å²) in [5.74, 6) is -1.69. The molecule has 3 N–H and O–H groups in total. The Morgan fingerprint density at radius 3 is 2.26 bits per heavy atom. The Labute approximate surface area is 116 Å². The van der Waals surface area contributed by atoms with E-state index in [2.05, 4.69) is 21.2 Å². The number of hydrogen-bond donors (Lipinski definition) is 3. The summed E-state index contributed by atoms with van der Waals surface area (Å²) in [7, 11) is 0. The van der Waals surface area contributed by atoms with Gasteiger partial charge >= 0.3 is 0 Å². The summed E-state index contributed by atoms with van der Waals surface area (Å²) in [6.07, 6.45) is 0. The molecule has 0 aromatic heterocycles. The molecule has 0 spiro atoms. The van der Waals surface area contributed by atoms with Crippen molar-refractivity contribution in [2.45, 2.75) is 6.54 Å². The Bertz CT molecular complexity index is 597. The lowest BCUT2D eigenvalue weighted by molar-refractivity contribution is 0.446. The van der Waals surface area contributed by atoms with Crippen LogP contribution in [0.2, 0.25) is 0 Å². The molecule has 0 radical (unpaired) electrons. The van der Waals surface area contributed by atoms with Crippen molar-refractivity contribution in [2.24, 2.45) is 0 Å². The topological polar surface area (TPSA) is 52.5 Å². The number of phenols is 2. The molecule has 2 aromatic carbocycles. The first-order valence-corrected chi connectivity index (χ1v) is 6.16. The van der Waals surface area contributed by atoms with Gasteiger partial charge in [0, 0.05) is 22.6 Å². The molecule has 6 heteroatoms. The summed E-state index contributed by atoms with van der Waals surface area (Å²) >= 11 is 2.99. The number of rotatable bonds is 3. The first-order chi connectivity index (χ1) is 8.97. The van der Waals surface area contributed by atoms with Crippen molar-refractivity contribution in [3.05, 3.63) is 52.0 Å². The van der Waals surface area contributed by atoms with E-state index in [1.807, 2.05) is 0 Å². The van der Waals surface area contributed by atoms with Gasteiger partial charge in [-0.15, -0.1) is 0 Å². The van der Waals surface area contributed by atoms with Gasteiger partial charge in [0.2, 0.25) is 0 Å². The molecule has 3 nitrogen and oxygen atoms in total. The molecule has 0 amide bonds. The summed E-state index contributed by atoms with van der Waals surface area (Å²) in [5, 5.41) is 21.3. The highest BCUT2D eigenvalue weighted by Crippen LogP contribution is 2.27. The number of benzene rings is 2. The molecule has 0 aliphatic carbocycles. The van der Waals surface area contributed by atoms with E-state index in [1.165, 1.54) is 12.1 Å². The normalized spacial score (nSPS) is 10.5. The maximum Gasteiger partial charge on any atom is 0.150 e. The minimum absolute atomic E-state index is 0.0294. The van der Waals surface area contributed by atoms with Gasteiger partial charge in [-0.05, 0) is 24.3 Å². The Morgan fingerprint density at radius 2 is 1.68 bits per heavy atom. The predicted molar refractivity (Wildman–Crippen MR) is 71.2 cm³/mol. The highest BCUT2D eigenvalue weighted by atomic mass is 79.9. The third-order valence-corrected chi connectivity index (χ3v) is 2.99. The summed E-state index contributed by atoms with van der Waals surface area (Å²) in [4.78, 5) is 0. The van der Waals surface area contributed by atoms with Crippen LogP contribution in [0.4, 0.5) is 14.5 Å². The van der Waals surface area contributed by atoms with Gasteiger partial charge in [0.1, 0.15) is 28.8 Å². The molecule has 0 bridgehead atoms. The minimum atomic E-state index is -0.731. The first kappa shape index (κ1) is 13.6. The zero-order valence-electron chi connectivity index (χ0n) is 9.62. The molecular weight excluding hydrogens is 320 g/mol. The van der Waals surface area contributed by atoms with Crippen LogP contribution in [0.25, 0.3) is 0 Å². The van der Waals surface area contributed by atoms with E-state index in [4.69, 9.17) is 5.11 Å². The van der Waals surface area contributed by atoms with Crippen LogP contribution < -0.4 is 5.32 Å². The van der Waals surface area contributed by atoms with Crippen LogP contribution in [-0.2, 0) is 6.54 Å². The largest absolute Gasteiger partial charge is 0.508 e. The van der Waals surface area contributed by atoms with Crippen LogP contribution in [0.5, 0.6) is 11.5 Å². The van der Waals surface area contributed by atoms with Gasteiger partial charge in [-0.1, -0.05) is 15.9 Å². The fraction of sp³-hybridized carbons (Fsp3) is 0.0769. The second-order valence-electron chi connectivity index (χ2n) is 3.91. The van der Waals surface area contributed by atoms with Crippen molar-refractivity contribution in [3.63, 3.8) is 0 Å². The van der Waals surface area contributed by atoms with E-state index in [9.17, 15) is 13.9 Å². The Balaban J connectivity index is 2.19. The minimum Gasteiger partial charge on any atom is -0.508 e. The molecule has 0 aliphatic rings. The molecule has 2 rings (SSSR count). The molecule has 0 aliphatic heterocycles. The second kappa shape index (κ2) is 5.44. The standard InChI is InChI=1S/C13H10BrF2NO2/c14-8-3-10(15)13(11(16)4-8)17-6-7-1-2-9(18)5-12(7)19/h1-5,17-19H,6H2. The highest BCUT2D eigenvalue weighted by Gasteiger charge is 2.11. The average Bonchev–Trinajstić information content (AvgIpc) is 2.30. The summed E-state index contributed by atoms with van der Waals surface area (Å²) < 4.78 is 27.4. The van der Waals surface area contributed by atoms with Gasteiger partial charge in [-0.25, -0.2) is 8.78 Å². The zero-order chi connectivity index (χ0) is 14.0. The molecule has 2 aromatic rings. The van der Waals surface area contributed by atoms with Crippen LogP contribution in [0.15, 0.2) is 34.8 Å². The monoisotopic (exact) mass is 329 g/mol. The quantitative estimate of drug-likeness (QED) is 0.803. The molecular formula is C13H10BrF2NO2. The Morgan fingerprint density at radius 1 is 1.05 bits per heavy atom. The molecule has 19 heavy (non-hydrogen) atoms.